The number of aliphatic hydroxyl groups excluding tert-OH is 1. The molecule has 3 rings (SSSR count). The molecular weight excluding hydrogens is 438 g/mol. The van der Waals surface area contributed by atoms with E-state index in [1.807, 2.05) is 19.1 Å². The summed E-state index contributed by atoms with van der Waals surface area (Å²) in [6.45, 7) is 5.68. The Morgan fingerprint density at radius 1 is 1.16 bits per heavy atom. The average molecular weight is 462 g/mol. The smallest absolute Gasteiger partial charge is 0.267 e. The minimum atomic E-state index is -0.279. The van der Waals surface area contributed by atoms with Gasteiger partial charge in [0, 0.05) is 25.7 Å². The van der Waals surface area contributed by atoms with Crippen LogP contribution in [0.4, 0.5) is 22.5 Å². The molecule has 164 valence electrons. The Hall–Kier alpha value is -2.79. The van der Waals surface area contributed by atoms with Crippen LogP contribution < -0.4 is 21.3 Å². The highest BCUT2D eigenvalue weighted by molar-refractivity contribution is 7.17. The molecule has 1 aromatic carbocycles. The molecule has 3 aromatic rings. The third-order valence-electron chi connectivity index (χ3n) is 4.16. The van der Waals surface area contributed by atoms with Gasteiger partial charge in [-0.1, -0.05) is 35.1 Å². The van der Waals surface area contributed by atoms with Gasteiger partial charge in [0.15, 0.2) is 5.13 Å². The number of benzene rings is 1. The van der Waals surface area contributed by atoms with Gasteiger partial charge >= 0.3 is 0 Å². The molecule has 0 fully saturated rings. The molecule has 0 spiro atoms. The van der Waals surface area contributed by atoms with Gasteiger partial charge in [-0.3, -0.25) is 4.79 Å². The predicted octanol–water partition coefficient (Wildman–Crippen LogP) is 3.19. The molecule has 1 amide bonds. The number of hydrogen-bond donors (Lipinski definition) is 5. The lowest BCUT2D eigenvalue weighted by molar-refractivity contribution is 0.103. The summed E-state index contributed by atoms with van der Waals surface area (Å²) in [6.07, 6.45) is 1.51. The summed E-state index contributed by atoms with van der Waals surface area (Å²) in [5, 5.41) is 22.1. The lowest BCUT2D eigenvalue weighted by atomic mass is 10.2. The van der Waals surface area contributed by atoms with E-state index in [4.69, 9.17) is 16.7 Å². The third kappa shape index (κ3) is 6.59. The lowest BCUT2D eigenvalue weighted by Gasteiger charge is -2.09. The Bertz CT molecular complexity index is 1020. The first kappa shape index (κ1) is 22.9. The van der Waals surface area contributed by atoms with Crippen LogP contribution >= 0.6 is 22.9 Å². The fourth-order valence-electron chi connectivity index (χ4n) is 2.72. The van der Waals surface area contributed by atoms with Crippen molar-refractivity contribution in [3.63, 3.8) is 0 Å². The van der Waals surface area contributed by atoms with Crippen LogP contribution in [0, 0.1) is 13.8 Å². The number of para-hydroxylation sites is 1. The molecule has 31 heavy (non-hydrogen) atoms. The molecule has 11 heteroatoms. The van der Waals surface area contributed by atoms with Crippen LogP contribution in [0.15, 0.2) is 30.5 Å². The number of amides is 1. The number of nitrogens with zero attached hydrogens (tertiary/aromatic N) is 3. The highest BCUT2D eigenvalue weighted by Gasteiger charge is 2.14. The number of hydrogen-bond acceptors (Lipinski definition) is 9. The van der Waals surface area contributed by atoms with Gasteiger partial charge in [-0.25, -0.2) is 15.0 Å². The van der Waals surface area contributed by atoms with Crippen LogP contribution in [0.5, 0.6) is 0 Å². The summed E-state index contributed by atoms with van der Waals surface area (Å²) in [5.74, 6) is 1.56. The van der Waals surface area contributed by atoms with Crippen LogP contribution in [0.2, 0.25) is 5.02 Å². The summed E-state index contributed by atoms with van der Waals surface area (Å²) < 4.78 is 0. The topological polar surface area (TPSA) is 124 Å². The zero-order valence-electron chi connectivity index (χ0n) is 17.2. The number of thiazole rings is 1. The molecule has 5 N–H and O–H groups in total. The molecule has 0 aliphatic carbocycles. The standard InChI is InChI=1S/C20H24ClN7O2S/c1-12-4-3-5-14(21)18(12)28-19(30)15-11-24-20(31-15)27-17-10-16(25-13(2)26-17)23-7-6-22-8-9-29/h3-5,10-11,22,29H,6-9H2,1-2H3,(H,28,30)(H2,23,24,25,26,27). The van der Waals surface area contributed by atoms with Gasteiger partial charge in [0.2, 0.25) is 0 Å². The zero-order chi connectivity index (χ0) is 22.2. The second kappa shape index (κ2) is 11.0. The highest BCUT2D eigenvalue weighted by atomic mass is 35.5. The number of aliphatic hydroxyl groups is 1. The number of nitrogens with one attached hydrogen (secondary N) is 4. The third-order valence-corrected chi connectivity index (χ3v) is 5.39. The fourth-order valence-corrected chi connectivity index (χ4v) is 3.70. The number of aryl methyl sites for hydroxylation is 2. The summed E-state index contributed by atoms with van der Waals surface area (Å²) in [5.41, 5.74) is 1.47. The van der Waals surface area contributed by atoms with Crippen LogP contribution in [0.1, 0.15) is 21.1 Å². The molecule has 9 nitrogen and oxygen atoms in total. The second-order valence-electron chi connectivity index (χ2n) is 6.63. The first-order valence-electron chi connectivity index (χ1n) is 9.66. The molecule has 0 atom stereocenters. The summed E-state index contributed by atoms with van der Waals surface area (Å²) in [6, 6.07) is 7.22. The van der Waals surface area contributed by atoms with Gasteiger partial charge in [-0.2, -0.15) is 0 Å². The van der Waals surface area contributed by atoms with Gasteiger partial charge in [-0.05, 0) is 25.5 Å². The van der Waals surface area contributed by atoms with Crippen molar-refractivity contribution in [1.29, 1.82) is 0 Å². The molecule has 2 aromatic heterocycles. The average Bonchev–Trinajstić information content (AvgIpc) is 3.19. The summed E-state index contributed by atoms with van der Waals surface area (Å²) in [7, 11) is 0. The zero-order valence-corrected chi connectivity index (χ0v) is 18.8. The molecule has 0 unspecified atom stereocenters. The van der Waals surface area contributed by atoms with Gasteiger partial charge in [0.05, 0.1) is 23.5 Å². The maximum absolute atomic E-state index is 12.6. The second-order valence-corrected chi connectivity index (χ2v) is 8.06. The van der Waals surface area contributed by atoms with Crippen LogP contribution in [0.25, 0.3) is 0 Å². The molecule has 2 heterocycles. The quantitative estimate of drug-likeness (QED) is 0.291. The van der Waals surface area contributed by atoms with E-state index < -0.39 is 0 Å². The van der Waals surface area contributed by atoms with Crippen molar-refractivity contribution in [3.8, 4) is 0 Å². The minimum absolute atomic E-state index is 0.104. The number of rotatable bonds is 10. The lowest BCUT2D eigenvalue weighted by Crippen LogP contribution is -2.25. The maximum atomic E-state index is 12.6. The van der Waals surface area contributed by atoms with Crippen molar-refractivity contribution >= 4 is 51.3 Å². The summed E-state index contributed by atoms with van der Waals surface area (Å²) >= 11 is 7.40. The van der Waals surface area contributed by atoms with Crippen LogP contribution in [-0.2, 0) is 0 Å². The Morgan fingerprint density at radius 3 is 2.74 bits per heavy atom. The minimum Gasteiger partial charge on any atom is -0.395 e. The van der Waals surface area contributed by atoms with E-state index in [1.54, 1.807) is 19.1 Å². The molecule has 0 aliphatic rings. The SMILES string of the molecule is Cc1nc(NCCNCCO)cc(Nc2ncc(C(=O)Nc3c(C)cccc3Cl)s2)n1. The molecule has 0 radical (unpaired) electrons. The Labute approximate surface area is 189 Å². The van der Waals surface area contributed by atoms with Gasteiger partial charge in [0.1, 0.15) is 22.3 Å². The highest BCUT2D eigenvalue weighted by Crippen LogP contribution is 2.28. The molecule has 0 bridgehead atoms. The Balaban J connectivity index is 1.63. The molecular formula is C20H24ClN7O2S. The number of carbonyl (C=O) groups excluding carboxylic acids is 1. The first-order valence-corrected chi connectivity index (χ1v) is 10.9. The Kier molecular flexibility index (Phi) is 8.13. The predicted molar refractivity (Wildman–Crippen MR) is 125 cm³/mol. The van der Waals surface area contributed by atoms with Crippen molar-refractivity contribution in [2.75, 3.05) is 42.2 Å². The molecule has 0 saturated heterocycles. The van der Waals surface area contributed by atoms with E-state index in [0.29, 0.717) is 57.8 Å². The van der Waals surface area contributed by atoms with Crippen LogP contribution in [-0.4, -0.2) is 52.2 Å². The van der Waals surface area contributed by atoms with Gasteiger partial charge in [-0.15, -0.1) is 0 Å². The monoisotopic (exact) mass is 461 g/mol. The van der Waals surface area contributed by atoms with Crippen LogP contribution in [0.3, 0.4) is 0 Å². The van der Waals surface area contributed by atoms with Crippen molar-refractivity contribution in [2.45, 2.75) is 13.8 Å². The van der Waals surface area contributed by atoms with Crippen molar-refractivity contribution < 1.29 is 9.90 Å². The number of anilines is 4. The van der Waals surface area contributed by atoms with Crippen molar-refractivity contribution in [3.05, 3.63) is 51.7 Å². The number of carbonyl (C=O) groups is 1. The van der Waals surface area contributed by atoms with E-state index in [1.165, 1.54) is 17.5 Å². The van der Waals surface area contributed by atoms with E-state index in [0.717, 1.165) is 5.56 Å². The summed E-state index contributed by atoms with van der Waals surface area (Å²) in [4.78, 5) is 26.0. The number of aromatic nitrogens is 3. The van der Waals surface area contributed by atoms with Crippen molar-refractivity contribution in [1.82, 2.24) is 20.3 Å². The normalized spacial score (nSPS) is 10.7. The molecule has 0 aliphatic heterocycles. The van der Waals surface area contributed by atoms with E-state index in [9.17, 15) is 4.79 Å². The number of halogens is 1. The largest absolute Gasteiger partial charge is 0.395 e. The fraction of sp³-hybridized carbons (Fsp3) is 0.300. The van der Waals surface area contributed by atoms with E-state index in [2.05, 4.69) is 36.2 Å². The maximum Gasteiger partial charge on any atom is 0.267 e. The van der Waals surface area contributed by atoms with Gasteiger partial charge < -0.3 is 26.4 Å². The molecule has 0 saturated carbocycles. The van der Waals surface area contributed by atoms with Gasteiger partial charge in [0.25, 0.3) is 5.91 Å². The van der Waals surface area contributed by atoms with E-state index >= 15 is 0 Å². The van der Waals surface area contributed by atoms with E-state index in [-0.39, 0.29) is 12.5 Å². The Morgan fingerprint density at radius 2 is 1.97 bits per heavy atom. The van der Waals surface area contributed by atoms with Crippen molar-refractivity contribution in [2.24, 2.45) is 0 Å². The first-order chi connectivity index (χ1) is 15.0.